The molecule has 0 aromatic heterocycles. The molecule has 1 aromatic carbocycles. The molecule has 2 unspecified atom stereocenters. The molecular formula is C18H22N2O. The predicted octanol–water partition coefficient (Wildman–Crippen LogP) is 2.28. The molecule has 2 saturated heterocycles. The quantitative estimate of drug-likeness (QED) is 0.859. The Bertz CT molecular complexity index is 580. The van der Waals surface area contributed by atoms with E-state index in [0.717, 1.165) is 19.4 Å². The first kappa shape index (κ1) is 13.3. The Labute approximate surface area is 126 Å². The van der Waals surface area contributed by atoms with Gasteiger partial charge >= 0.3 is 0 Å². The molecule has 1 aliphatic carbocycles. The van der Waals surface area contributed by atoms with Crippen molar-refractivity contribution in [2.75, 3.05) is 13.1 Å². The van der Waals surface area contributed by atoms with Gasteiger partial charge in [0, 0.05) is 12.6 Å². The van der Waals surface area contributed by atoms with Crippen LogP contribution in [0.5, 0.6) is 0 Å². The Hall–Kier alpha value is -1.37. The van der Waals surface area contributed by atoms with E-state index < -0.39 is 11.0 Å². The molecule has 3 nitrogen and oxygen atoms in total. The second kappa shape index (κ2) is 4.56. The highest BCUT2D eigenvalue weighted by molar-refractivity contribution is 5.39. The van der Waals surface area contributed by atoms with Crippen LogP contribution in [0.1, 0.15) is 36.8 Å². The summed E-state index contributed by atoms with van der Waals surface area (Å²) in [5.41, 5.74) is 1.06. The zero-order valence-electron chi connectivity index (χ0n) is 12.4. The van der Waals surface area contributed by atoms with Crippen LogP contribution in [0.25, 0.3) is 0 Å². The number of hydrogen-bond donors (Lipinski definition) is 1. The lowest BCUT2D eigenvalue weighted by molar-refractivity contribution is -0.104. The topological polar surface area (TPSA) is 47.3 Å². The van der Waals surface area contributed by atoms with Gasteiger partial charge in [0.1, 0.15) is 0 Å². The van der Waals surface area contributed by atoms with Gasteiger partial charge in [0.15, 0.2) is 0 Å². The second-order valence-electron chi connectivity index (χ2n) is 7.13. The highest BCUT2D eigenvalue weighted by Crippen LogP contribution is 2.50. The van der Waals surface area contributed by atoms with Crippen molar-refractivity contribution in [3.63, 3.8) is 0 Å². The summed E-state index contributed by atoms with van der Waals surface area (Å²) in [5.74, 6) is 0. The molecule has 2 aliphatic heterocycles. The maximum Gasteiger partial charge on any atom is 0.0941 e. The molecule has 21 heavy (non-hydrogen) atoms. The summed E-state index contributed by atoms with van der Waals surface area (Å²) in [5, 5.41) is 21.3. The van der Waals surface area contributed by atoms with Crippen LogP contribution in [-0.2, 0) is 12.8 Å². The van der Waals surface area contributed by atoms with Gasteiger partial charge in [0.25, 0.3) is 0 Å². The maximum atomic E-state index is 11.4. The zero-order chi connectivity index (χ0) is 14.5. The molecule has 3 heteroatoms. The van der Waals surface area contributed by atoms with Gasteiger partial charge in [0.2, 0.25) is 0 Å². The third-order valence-electron chi connectivity index (χ3n) is 6.09. The van der Waals surface area contributed by atoms with Crippen LogP contribution in [0, 0.1) is 16.7 Å². The zero-order valence-corrected chi connectivity index (χ0v) is 12.4. The van der Waals surface area contributed by atoms with Crippen LogP contribution < -0.4 is 0 Å². The van der Waals surface area contributed by atoms with Gasteiger partial charge in [-0.3, -0.25) is 0 Å². The number of rotatable bonds is 1. The number of nitrogens with zero attached hydrogens (tertiary/aromatic N) is 2. The second-order valence-corrected chi connectivity index (χ2v) is 7.13. The van der Waals surface area contributed by atoms with Crippen molar-refractivity contribution in [1.82, 2.24) is 4.90 Å². The van der Waals surface area contributed by atoms with Crippen LogP contribution >= 0.6 is 0 Å². The van der Waals surface area contributed by atoms with Crippen molar-refractivity contribution >= 4 is 0 Å². The summed E-state index contributed by atoms with van der Waals surface area (Å²) in [4.78, 5) is 2.50. The lowest BCUT2D eigenvalue weighted by atomic mass is 9.64. The Balaban J connectivity index is 1.66. The normalized spacial score (nSPS) is 34.2. The van der Waals surface area contributed by atoms with E-state index in [2.05, 4.69) is 23.1 Å². The molecule has 0 amide bonds. The highest BCUT2D eigenvalue weighted by Gasteiger charge is 2.56. The van der Waals surface area contributed by atoms with Crippen LogP contribution in [0.4, 0.5) is 0 Å². The minimum absolute atomic E-state index is 0.484. The van der Waals surface area contributed by atoms with E-state index in [1.165, 1.54) is 30.5 Å². The van der Waals surface area contributed by atoms with Crippen LogP contribution in [0.3, 0.4) is 0 Å². The average Bonchev–Trinajstić information content (AvgIpc) is 3.10. The highest BCUT2D eigenvalue weighted by atomic mass is 16.3. The van der Waals surface area contributed by atoms with E-state index in [9.17, 15) is 10.4 Å². The number of benzene rings is 1. The molecule has 0 spiro atoms. The molecule has 1 N–H and O–H groups in total. The van der Waals surface area contributed by atoms with Crippen LogP contribution in [0.2, 0.25) is 0 Å². The van der Waals surface area contributed by atoms with E-state index in [0.29, 0.717) is 18.9 Å². The van der Waals surface area contributed by atoms with E-state index in [-0.39, 0.29) is 0 Å². The first-order chi connectivity index (χ1) is 10.2. The first-order valence-electron chi connectivity index (χ1n) is 8.10. The lowest BCUT2D eigenvalue weighted by Gasteiger charge is -2.48. The Kier molecular flexibility index (Phi) is 2.89. The van der Waals surface area contributed by atoms with E-state index in [1.54, 1.807) is 0 Å². The molecule has 2 heterocycles. The van der Waals surface area contributed by atoms with E-state index in [4.69, 9.17) is 0 Å². The fraction of sp³-hybridized carbons (Fsp3) is 0.611. The van der Waals surface area contributed by atoms with Gasteiger partial charge in [-0.1, -0.05) is 24.3 Å². The van der Waals surface area contributed by atoms with Crippen LogP contribution in [0.15, 0.2) is 24.3 Å². The van der Waals surface area contributed by atoms with Crippen molar-refractivity contribution < 1.29 is 5.11 Å². The van der Waals surface area contributed by atoms with Gasteiger partial charge in [-0.25, -0.2) is 0 Å². The monoisotopic (exact) mass is 282 g/mol. The average molecular weight is 282 g/mol. The molecule has 0 radical (unpaired) electrons. The molecule has 0 bridgehead atoms. The SMILES string of the molecule is N#CC1(C2(O)CCN3CCCC3C2)Cc2ccccc2C1. The summed E-state index contributed by atoms with van der Waals surface area (Å²) >= 11 is 0. The van der Waals surface area contributed by atoms with Crippen molar-refractivity contribution in [3.8, 4) is 6.07 Å². The van der Waals surface area contributed by atoms with Gasteiger partial charge < -0.3 is 10.0 Å². The molecule has 1 aromatic rings. The van der Waals surface area contributed by atoms with E-state index >= 15 is 0 Å². The van der Waals surface area contributed by atoms with Crippen molar-refractivity contribution in [2.24, 2.45) is 5.41 Å². The van der Waals surface area contributed by atoms with Gasteiger partial charge in [-0.05, 0) is 56.2 Å². The largest absolute Gasteiger partial charge is 0.388 e. The molecule has 110 valence electrons. The molecule has 0 saturated carbocycles. The summed E-state index contributed by atoms with van der Waals surface area (Å²) in [6.45, 7) is 2.11. The summed E-state index contributed by atoms with van der Waals surface area (Å²) in [7, 11) is 0. The Morgan fingerprint density at radius 3 is 2.57 bits per heavy atom. The maximum absolute atomic E-state index is 11.4. The molecule has 3 aliphatic rings. The third-order valence-corrected chi connectivity index (χ3v) is 6.09. The fourth-order valence-electron chi connectivity index (χ4n) is 4.80. The minimum Gasteiger partial charge on any atom is -0.388 e. The summed E-state index contributed by atoms with van der Waals surface area (Å²) in [6, 6.07) is 11.3. The van der Waals surface area contributed by atoms with Crippen molar-refractivity contribution in [1.29, 1.82) is 5.26 Å². The van der Waals surface area contributed by atoms with Gasteiger partial charge in [-0.2, -0.15) is 5.26 Å². The standard InChI is InChI=1S/C18H22N2O/c19-13-17(10-14-4-1-2-5-15(14)11-17)18(21)7-9-20-8-3-6-16(20)12-18/h1-2,4-5,16,21H,3,6-12H2. The Morgan fingerprint density at radius 2 is 1.90 bits per heavy atom. The number of nitriles is 1. The molecule has 2 fully saturated rings. The number of piperidine rings is 1. The summed E-state index contributed by atoms with van der Waals surface area (Å²) < 4.78 is 0. The van der Waals surface area contributed by atoms with Crippen molar-refractivity contribution in [3.05, 3.63) is 35.4 Å². The predicted molar refractivity (Wildman–Crippen MR) is 80.7 cm³/mol. The first-order valence-corrected chi connectivity index (χ1v) is 8.10. The smallest absolute Gasteiger partial charge is 0.0941 e. The summed E-state index contributed by atoms with van der Waals surface area (Å²) in [6.07, 6.45) is 5.35. The third kappa shape index (κ3) is 1.86. The van der Waals surface area contributed by atoms with Gasteiger partial charge in [-0.15, -0.1) is 0 Å². The van der Waals surface area contributed by atoms with Crippen LogP contribution in [-0.4, -0.2) is 34.7 Å². The lowest BCUT2D eigenvalue weighted by Crippen LogP contribution is -2.57. The molecular weight excluding hydrogens is 260 g/mol. The number of fused-ring (bicyclic) bond motifs is 2. The van der Waals surface area contributed by atoms with Crippen molar-refractivity contribution in [2.45, 2.75) is 50.2 Å². The fourth-order valence-corrected chi connectivity index (χ4v) is 4.80. The number of aliphatic hydroxyl groups is 1. The minimum atomic E-state index is -0.827. The van der Waals surface area contributed by atoms with Gasteiger partial charge in [0.05, 0.1) is 17.1 Å². The number of hydrogen-bond acceptors (Lipinski definition) is 3. The molecule has 4 rings (SSSR count). The van der Waals surface area contributed by atoms with E-state index in [1.807, 2.05) is 12.1 Å². The Morgan fingerprint density at radius 1 is 1.19 bits per heavy atom. The molecule has 2 atom stereocenters.